The molecule has 0 fully saturated rings. The molecule has 0 aliphatic carbocycles. The van der Waals surface area contributed by atoms with Crippen LogP contribution in [0.1, 0.15) is 25.5 Å². The third-order valence-electron chi connectivity index (χ3n) is 3.13. The second kappa shape index (κ2) is 7.98. The van der Waals surface area contributed by atoms with E-state index in [1.807, 2.05) is 62.4 Å². The van der Waals surface area contributed by atoms with Crippen LogP contribution < -0.4 is 16.0 Å². The molecule has 0 saturated carbocycles. The number of anilines is 1. The normalized spacial score (nSPS) is 11.6. The zero-order valence-corrected chi connectivity index (χ0v) is 13.2. The lowest BCUT2D eigenvalue weighted by atomic mass is 10.1. The second-order valence-electron chi connectivity index (χ2n) is 5.47. The van der Waals surface area contributed by atoms with Crippen LogP contribution in [-0.2, 0) is 4.79 Å². The average molecular weight is 311 g/mol. The van der Waals surface area contributed by atoms with Gasteiger partial charge in [-0.15, -0.1) is 0 Å². The summed E-state index contributed by atoms with van der Waals surface area (Å²) in [4.78, 5) is 24.6. The van der Waals surface area contributed by atoms with E-state index in [2.05, 4.69) is 16.0 Å². The van der Waals surface area contributed by atoms with Crippen LogP contribution in [0.15, 0.2) is 60.7 Å². The number of hydrogen-bond acceptors (Lipinski definition) is 2. The van der Waals surface area contributed by atoms with Crippen LogP contribution >= 0.6 is 0 Å². The summed E-state index contributed by atoms with van der Waals surface area (Å²) in [5.74, 6) is -0.290. The largest absolute Gasteiger partial charge is 0.336 e. The van der Waals surface area contributed by atoms with Gasteiger partial charge in [0, 0.05) is 11.7 Å². The van der Waals surface area contributed by atoms with E-state index in [1.165, 1.54) is 0 Å². The molecule has 3 amide bonds. The SMILES string of the molecule is CC(C)NC(=O)N[C@@H](C(=O)Nc1ccccc1)c1ccccc1. The number of nitrogens with one attached hydrogen (secondary N) is 3. The first kappa shape index (κ1) is 16.5. The number of carbonyl (C=O) groups is 2. The van der Waals surface area contributed by atoms with Gasteiger partial charge in [0.1, 0.15) is 6.04 Å². The highest BCUT2D eigenvalue weighted by Gasteiger charge is 2.22. The molecule has 0 spiro atoms. The van der Waals surface area contributed by atoms with Gasteiger partial charge >= 0.3 is 6.03 Å². The Morgan fingerprint density at radius 3 is 1.96 bits per heavy atom. The smallest absolute Gasteiger partial charge is 0.315 e. The Kier molecular flexibility index (Phi) is 5.74. The van der Waals surface area contributed by atoms with Gasteiger partial charge in [-0.2, -0.15) is 0 Å². The molecule has 0 aliphatic rings. The van der Waals surface area contributed by atoms with Gasteiger partial charge in [-0.3, -0.25) is 4.79 Å². The van der Waals surface area contributed by atoms with Crippen LogP contribution in [0, 0.1) is 0 Å². The second-order valence-corrected chi connectivity index (χ2v) is 5.47. The van der Waals surface area contributed by atoms with Gasteiger partial charge in [0.15, 0.2) is 0 Å². The van der Waals surface area contributed by atoms with Crippen LogP contribution in [0.4, 0.5) is 10.5 Å². The van der Waals surface area contributed by atoms with Gasteiger partial charge in [-0.05, 0) is 31.5 Å². The summed E-state index contributed by atoms with van der Waals surface area (Å²) in [5, 5.41) is 8.27. The zero-order valence-electron chi connectivity index (χ0n) is 13.2. The number of hydrogen-bond donors (Lipinski definition) is 3. The highest BCUT2D eigenvalue weighted by atomic mass is 16.2. The van der Waals surface area contributed by atoms with Crippen molar-refractivity contribution >= 4 is 17.6 Å². The van der Waals surface area contributed by atoms with Crippen molar-refractivity contribution in [2.24, 2.45) is 0 Å². The summed E-state index contributed by atoms with van der Waals surface area (Å²) in [7, 11) is 0. The summed E-state index contributed by atoms with van der Waals surface area (Å²) in [6.45, 7) is 3.72. The standard InChI is InChI=1S/C18H21N3O2/c1-13(2)19-18(23)21-16(14-9-5-3-6-10-14)17(22)20-15-11-7-4-8-12-15/h3-13,16H,1-2H3,(H,20,22)(H2,19,21,23)/t16-/m1/s1. The summed E-state index contributed by atoms with van der Waals surface area (Å²) >= 11 is 0. The van der Waals surface area contributed by atoms with E-state index < -0.39 is 6.04 Å². The van der Waals surface area contributed by atoms with Gasteiger partial charge in [0.2, 0.25) is 0 Å². The molecule has 5 nitrogen and oxygen atoms in total. The maximum atomic E-state index is 12.6. The van der Waals surface area contributed by atoms with Crippen molar-refractivity contribution in [3.05, 3.63) is 66.2 Å². The minimum absolute atomic E-state index is 0.0105. The lowest BCUT2D eigenvalue weighted by molar-refractivity contribution is -0.118. The minimum atomic E-state index is -0.768. The molecule has 0 saturated heterocycles. The van der Waals surface area contributed by atoms with E-state index in [0.717, 1.165) is 5.56 Å². The Labute approximate surface area is 136 Å². The summed E-state index contributed by atoms with van der Waals surface area (Å²) in [6, 6.07) is 17.1. The molecule has 0 aromatic heterocycles. The van der Waals surface area contributed by atoms with Gasteiger partial charge in [0.05, 0.1) is 0 Å². The Hall–Kier alpha value is -2.82. The van der Waals surface area contributed by atoms with Crippen molar-refractivity contribution < 1.29 is 9.59 Å². The topological polar surface area (TPSA) is 70.2 Å². The third-order valence-corrected chi connectivity index (χ3v) is 3.13. The summed E-state index contributed by atoms with van der Waals surface area (Å²) in [5.41, 5.74) is 1.41. The van der Waals surface area contributed by atoms with Crippen molar-refractivity contribution in [3.8, 4) is 0 Å². The molecule has 2 aromatic carbocycles. The van der Waals surface area contributed by atoms with Gasteiger partial charge in [-0.1, -0.05) is 48.5 Å². The molecule has 2 rings (SSSR count). The molecule has 0 unspecified atom stereocenters. The van der Waals surface area contributed by atoms with E-state index >= 15 is 0 Å². The first-order valence-corrected chi connectivity index (χ1v) is 7.54. The molecular weight excluding hydrogens is 290 g/mol. The predicted octanol–water partition coefficient (Wildman–Crippen LogP) is 3.07. The molecule has 23 heavy (non-hydrogen) atoms. The number of urea groups is 1. The van der Waals surface area contributed by atoms with Crippen LogP contribution in [0.5, 0.6) is 0 Å². The van der Waals surface area contributed by atoms with Crippen molar-refractivity contribution in [2.45, 2.75) is 25.9 Å². The van der Waals surface area contributed by atoms with Gasteiger partial charge in [0.25, 0.3) is 5.91 Å². The third kappa shape index (κ3) is 5.14. The highest BCUT2D eigenvalue weighted by molar-refractivity contribution is 5.97. The monoisotopic (exact) mass is 311 g/mol. The van der Waals surface area contributed by atoms with Crippen molar-refractivity contribution in [1.82, 2.24) is 10.6 Å². The first-order chi connectivity index (χ1) is 11.1. The van der Waals surface area contributed by atoms with E-state index in [9.17, 15) is 9.59 Å². The summed E-state index contributed by atoms with van der Waals surface area (Å²) < 4.78 is 0. The van der Waals surface area contributed by atoms with Crippen LogP contribution in [0.2, 0.25) is 0 Å². The number of para-hydroxylation sites is 1. The predicted molar refractivity (Wildman–Crippen MR) is 91.1 cm³/mol. The van der Waals surface area contributed by atoms with Crippen molar-refractivity contribution in [2.75, 3.05) is 5.32 Å². The maximum absolute atomic E-state index is 12.6. The quantitative estimate of drug-likeness (QED) is 0.794. The lowest BCUT2D eigenvalue weighted by Gasteiger charge is -2.20. The Morgan fingerprint density at radius 1 is 0.826 bits per heavy atom. The summed E-state index contributed by atoms with van der Waals surface area (Å²) in [6.07, 6.45) is 0. The molecule has 120 valence electrons. The average Bonchev–Trinajstić information content (AvgIpc) is 2.53. The van der Waals surface area contributed by atoms with Crippen molar-refractivity contribution in [1.29, 1.82) is 0 Å². The zero-order chi connectivity index (χ0) is 16.7. The fourth-order valence-electron chi connectivity index (χ4n) is 2.12. The number of rotatable bonds is 5. The molecule has 0 radical (unpaired) electrons. The molecule has 3 N–H and O–H groups in total. The van der Waals surface area contributed by atoms with Crippen LogP contribution in [-0.4, -0.2) is 18.0 Å². The van der Waals surface area contributed by atoms with E-state index in [1.54, 1.807) is 12.1 Å². The van der Waals surface area contributed by atoms with Crippen molar-refractivity contribution in [3.63, 3.8) is 0 Å². The fraction of sp³-hybridized carbons (Fsp3) is 0.222. The number of carbonyl (C=O) groups excluding carboxylic acids is 2. The number of amides is 3. The lowest BCUT2D eigenvalue weighted by Crippen LogP contribution is -2.44. The van der Waals surface area contributed by atoms with Crippen LogP contribution in [0.25, 0.3) is 0 Å². The fourth-order valence-corrected chi connectivity index (χ4v) is 2.12. The Balaban J connectivity index is 2.16. The highest BCUT2D eigenvalue weighted by Crippen LogP contribution is 2.16. The van der Waals surface area contributed by atoms with Gasteiger partial charge in [-0.25, -0.2) is 4.79 Å². The molecule has 0 aliphatic heterocycles. The molecule has 5 heteroatoms. The molecule has 2 aromatic rings. The van der Waals surface area contributed by atoms with Gasteiger partial charge < -0.3 is 16.0 Å². The minimum Gasteiger partial charge on any atom is -0.336 e. The van der Waals surface area contributed by atoms with Crippen LogP contribution in [0.3, 0.4) is 0 Å². The van der Waals surface area contributed by atoms with E-state index in [0.29, 0.717) is 5.69 Å². The maximum Gasteiger partial charge on any atom is 0.315 e. The Morgan fingerprint density at radius 2 is 1.39 bits per heavy atom. The number of benzene rings is 2. The molecule has 0 heterocycles. The molecule has 1 atom stereocenters. The van der Waals surface area contributed by atoms with E-state index in [4.69, 9.17) is 0 Å². The molecule has 0 bridgehead atoms. The molecular formula is C18H21N3O2. The Bertz CT molecular complexity index is 642. The first-order valence-electron chi connectivity index (χ1n) is 7.54. The van der Waals surface area contributed by atoms with E-state index in [-0.39, 0.29) is 18.0 Å².